The minimum Gasteiger partial charge on any atom is -0.439 e. The number of aromatic nitrogens is 3. The molecule has 0 radical (unpaired) electrons. The van der Waals surface area contributed by atoms with Gasteiger partial charge in [-0.2, -0.15) is 18.2 Å². The molecule has 0 aliphatic carbocycles. The molecule has 0 saturated heterocycles. The molecule has 2 aromatic heterocycles. The van der Waals surface area contributed by atoms with Gasteiger partial charge in [0.25, 0.3) is 0 Å². The third-order valence-electron chi connectivity index (χ3n) is 3.28. The highest BCUT2D eigenvalue weighted by atomic mass is 19.4. The van der Waals surface area contributed by atoms with Crippen LogP contribution < -0.4 is 4.74 Å². The summed E-state index contributed by atoms with van der Waals surface area (Å²) >= 11 is 0. The van der Waals surface area contributed by atoms with E-state index in [0.717, 1.165) is 6.07 Å². The van der Waals surface area contributed by atoms with Gasteiger partial charge in [0.05, 0.1) is 0 Å². The highest BCUT2D eigenvalue weighted by molar-refractivity contribution is 5.54. The summed E-state index contributed by atoms with van der Waals surface area (Å²) < 4.78 is 58.2. The zero-order valence-electron chi connectivity index (χ0n) is 12.9. The van der Waals surface area contributed by atoms with Gasteiger partial charge < -0.3 is 4.74 Å². The van der Waals surface area contributed by atoms with E-state index in [1.807, 2.05) is 0 Å². The molecule has 0 fully saturated rings. The van der Waals surface area contributed by atoms with Crippen molar-refractivity contribution >= 4 is 0 Å². The molecule has 0 aliphatic rings. The normalized spacial score (nSPS) is 11.4. The lowest BCUT2D eigenvalue weighted by Crippen LogP contribution is -2.10. The molecule has 0 unspecified atom stereocenters. The van der Waals surface area contributed by atoms with Crippen molar-refractivity contribution in [3.8, 4) is 23.0 Å². The number of alkyl halides is 3. The second kappa shape index (κ2) is 6.46. The van der Waals surface area contributed by atoms with Crippen molar-refractivity contribution in [1.29, 1.82) is 0 Å². The fourth-order valence-corrected chi connectivity index (χ4v) is 2.00. The van der Waals surface area contributed by atoms with Crippen molar-refractivity contribution in [2.24, 2.45) is 0 Å². The first kappa shape index (κ1) is 16.8. The summed E-state index contributed by atoms with van der Waals surface area (Å²) in [6.07, 6.45) is -1.87. The second-order valence-electron chi connectivity index (χ2n) is 5.17. The van der Waals surface area contributed by atoms with Gasteiger partial charge >= 0.3 is 6.18 Å². The molecule has 4 nitrogen and oxygen atoms in total. The van der Waals surface area contributed by atoms with Crippen LogP contribution in [0.4, 0.5) is 17.6 Å². The molecular weight excluding hydrogens is 338 g/mol. The SMILES string of the molecule is Cc1ccc(Oc2cc(C(F)(F)F)nc(-c3cccnc3)n2)cc1F. The Morgan fingerprint density at radius 1 is 1.04 bits per heavy atom. The van der Waals surface area contributed by atoms with E-state index in [0.29, 0.717) is 17.2 Å². The average Bonchev–Trinajstić information content (AvgIpc) is 2.58. The summed E-state index contributed by atoms with van der Waals surface area (Å²) in [4.78, 5) is 11.3. The average molecular weight is 349 g/mol. The van der Waals surface area contributed by atoms with Crippen LogP contribution >= 0.6 is 0 Å². The van der Waals surface area contributed by atoms with Gasteiger partial charge in [-0.15, -0.1) is 0 Å². The first-order valence-electron chi connectivity index (χ1n) is 7.13. The molecule has 0 atom stereocenters. The van der Waals surface area contributed by atoms with Crippen molar-refractivity contribution in [3.63, 3.8) is 0 Å². The van der Waals surface area contributed by atoms with Crippen LogP contribution in [0.15, 0.2) is 48.8 Å². The maximum atomic E-state index is 13.6. The van der Waals surface area contributed by atoms with E-state index in [1.165, 1.54) is 30.6 Å². The molecule has 2 heterocycles. The molecule has 0 saturated carbocycles. The Morgan fingerprint density at radius 2 is 1.84 bits per heavy atom. The maximum Gasteiger partial charge on any atom is 0.433 e. The van der Waals surface area contributed by atoms with Crippen molar-refractivity contribution in [3.05, 3.63) is 65.9 Å². The Labute approximate surface area is 140 Å². The number of ether oxygens (including phenoxy) is 1. The van der Waals surface area contributed by atoms with Crippen LogP contribution in [0.1, 0.15) is 11.3 Å². The smallest absolute Gasteiger partial charge is 0.433 e. The fraction of sp³-hybridized carbons (Fsp3) is 0.118. The maximum absolute atomic E-state index is 13.6. The number of hydrogen-bond donors (Lipinski definition) is 0. The fourth-order valence-electron chi connectivity index (χ4n) is 2.00. The van der Waals surface area contributed by atoms with Gasteiger partial charge in [0.15, 0.2) is 11.5 Å². The zero-order chi connectivity index (χ0) is 18.0. The van der Waals surface area contributed by atoms with Crippen molar-refractivity contribution in [1.82, 2.24) is 15.0 Å². The molecule has 25 heavy (non-hydrogen) atoms. The van der Waals surface area contributed by atoms with Crippen molar-refractivity contribution < 1.29 is 22.3 Å². The molecule has 0 aliphatic heterocycles. The molecule has 128 valence electrons. The minimum absolute atomic E-state index is 0.0343. The Morgan fingerprint density at radius 3 is 2.48 bits per heavy atom. The Hall–Kier alpha value is -3.03. The monoisotopic (exact) mass is 349 g/mol. The van der Waals surface area contributed by atoms with Crippen LogP contribution in [0.25, 0.3) is 11.4 Å². The molecule has 0 spiro atoms. The molecule has 0 amide bonds. The molecule has 3 aromatic rings. The van der Waals surface area contributed by atoms with Crippen LogP contribution in [-0.4, -0.2) is 15.0 Å². The molecule has 3 rings (SSSR count). The predicted octanol–water partition coefficient (Wildman–Crippen LogP) is 4.80. The lowest BCUT2D eigenvalue weighted by molar-refractivity contribution is -0.141. The van der Waals surface area contributed by atoms with E-state index in [1.54, 1.807) is 13.0 Å². The highest BCUT2D eigenvalue weighted by Gasteiger charge is 2.34. The highest BCUT2D eigenvalue weighted by Crippen LogP contribution is 2.32. The third kappa shape index (κ3) is 3.90. The number of halogens is 4. The number of pyridine rings is 1. The molecule has 8 heteroatoms. The predicted molar refractivity (Wildman–Crippen MR) is 81.5 cm³/mol. The van der Waals surface area contributed by atoms with Gasteiger partial charge in [0, 0.05) is 30.1 Å². The van der Waals surface area contributed by atoms with E-state index >= 15 is 0 Å². The van der Waals surface area contributed by atoms with E-state index in [9.17, 15) is 17.6 Å². The summed E-state index contributed by atoms with van der Waals surface area (Å²) in [6.45, 7) is 1.56. The van der Waals surface area contributed by atoms with Crippen LogP contribution in [0.3, 0.4) is 0 Å². The van der Waals surface area contributed by atoms with Gasteiger partial charge in [-0.3, -0.25) is 4.98 Å². The largest absolute Gasteiger partial charge is 0.439 e. The van der Waals surface area contributed by atoms with Gasteiger partial charge in [0.2, 0.25) is 5.88 Å². The second-order valence-corrected chi connectivity index (χ2v) is 5.17. The van der Waals surface area contributed by atoms with Crippen LogP contribution in [-0.2, 0) is 6.18 Å². The lowest BCUT2D eigenvalue weighted by Gasteiger charge is -2.11. The van der Waals surface area contributed by atoms with E-state index < -0.39 is 17.7 Å². The van der Waals surface area contributed by atoms with Crippen molar-refractivity contribution in [2.75, 3.05) is 0 Å². The van der Waals surface area contributed by atoms with Crippen molar-refractivity contribution in [2.45, 2.75) is 13.1 Å². The Kier molecular flexibility index (Phi) is 4.35. The molecular formula is C17H11F4N3O. The van der Waals surface area contributed by atoms with Gasteiger partial charge in [-0.25, -0.2) is 9.37 Å². The van der Waals surface area contributed by atoms with Crippen LogP contribution in [0.2, 0.25) is 0 Å². The summed E-state index contributed by atoms with van der Waals surface area (Å²) in [6, 6.07) is 7.72. The number of nitrogens with zero attached hydrogens (tertiary/aromatic N) is 3. The quantitative estimate of drug-likeness (QED) is 0.638. The summed E-state index contributed by atoms with van der Waals surface area (Å²) in [5, 5.41) is 0. The Balaban J connectivity index is 2.04. The summed E-state index contributed by atoms with van der Waals surface area (Å²) in [5.74, 6) is -1.03. The first-order valence-corrected chi connectivity index (χ1v) is 7.13. The topological polar surface area (TPSA) is 47.9 Å². The summed E-state index contributed by atoms with van der Waals surface area (Å²) in [7, 11) is 0. The van der Waals surface area contributed by atoms with Gasteiger partial charge in [-0.1, -0.05) is 6.07 Å². The Bertz CT molecular complexity index is 898. The minimum atomic E-state index is -4.68. The molecule has 0 bridgehead atoms. The van der Waals surface area contributed by atoms with Crippen LogP contribution in [0, 0.1) is 12.7 Å². The standard InChI is InChI=1S/C17H11F4N3O/c1-10-4-5-12(7-13(10)18)25-15-8-14(17(19,20)21)23-16(24-15)11-3-2-6-22-9-11/h2-9H,1H3. The number of aryl methyl sites for hydroxylation is 1. The molecule has 1 aromatic carbocycles. The zero-order valence-corrected chi connectivity index (χ0v) is 12.9. The van der Waals surface area contributed by atoms with Gasteiger partial charge in [0.1, 0.15) is 11.6 Å². The van der Waals surface area contributed by atoms with E-state index in [4.69, 9.17) is 4.74 Å². The van der Waals surface area contributed by atoms with E-state index in [-0.39, 0.29) is 17.5 Å². The first-order chi connectivity index (χ1) is 11.8. The van der Waals surface area contributed by atoms with Crippen LogP contribution in [0.5, 0.6) is 11.6 Å². The van der Waals surface area contributed by atoms with E-state index in [2.05, 4.69) is 15.0 Å². The third-order valence-corrected chi connectivity index (χ3v) is 3.28. The lowest BCUT2D eigenvalue weighted by atomic mass is 10.2. The molecule has 0 N–H and O–H groups in total. The number of hydrogen-bond acceptors (Lipinski definition) is 4. The summed E-state index contributed by atoms with van der Waals surface area (Å²) in [5.41, 5.74) is -0.473. The number of benzene rings is 1. The van der Waals surface area contributed by atoms with Gasteiger partial charge in [-0.05, 0) is 30.7 Å². The number of rotatable bonds is 3.